The van der Waals surface area contributed by atoms with Gasteiger partial charge in [0.1, 0.15) is 0 Å². The molecular formula is C15H22N2O. The third-order valence-electron chi connectivity index (χ3n) is 2.55. The van der Waals surface area contributed by atoms with E-state index in [1.807, 2.05) is 12.1 Å². The second-order valence-electron chi connectivity index (χ2n) is 4.26. The zero-order chi connectivity index (χ0) is 13.1. The Morgan fingerprint density at radius 1 is 1.22 bits per heavy atom. The van der Waals surface area contributed by atoms with Crippen LogP contribution in [0.5, 0.6) is 0 Å². The van der Waals surface area contributed by atoms with E-state index in [1.165, 1.54) is 12.5 Å². The minimum Gasteiger partial charge on any atom is -0.333 e. The molecule has 98 valence electrons. The molecule has 18 heavy (non-hydrogen) atoms. The van der Waals surface area contributed by atoms with Gasteiger partial charge in [-0.2, -0.15) is 0 Å². The van der Waals surface area contributed by atoms with Crippen molar-refractivity contribution in [3.05, 3.63) is 48.2 Å². The van der Waals surface area contributed by atoms with Crippen LogP contribution >= 0.6 is 0 Å². The normalized spacial score (nSPS) is 10.7. The van der Waals surface area contributed by atoms with Crippen molar-refractivity contribution < 1.29 is 4.79 Å². The van der Waals surface area contributed by atoms with Gasteiger partial charge in [0.15, 0.2) is 0 Å². The van der Waals surface area contributed by atoms with Crippen molar-refractivity contribution in [2.45, 2.75) is 32.7 Å². The topological polar surface area (TPSA) is 41.1 Å². The Labute approximate surface area is 109 Å². The van der Waals surface area contributed by atoms with E-state index in [-0.39, 0.29) is 5.91 Å². The Kier molecular flexibility index (Phi) is 7.57. The van der Waals surface area contributed by atoms with Gasteiger partial charge in [0.25, 0.3) is 0 Å². The molecule has 0 aliphatic rings. The Hall–Kier alpha value is -1.61. The fraction of sp³-hybridized carbons (Fsp3) is 0.400. The highest BCUT2D eigenvalue weighted by atomic mass is 16.1. The molecule has 1 rings (SSSR count). The maximum atomic E-state index is 10.6. The van der Waals surface area contributed by atoms with Gasteiger partial charge in [0.2, 0.25) is 5.91 Å². The van der Waals surface area contributed by atoms with Crippen molar-refractivity contribution in [2.75, 3.05) is 6.54 Å². The zero-order valence-electron chi connectivity index (χ0n) is 11.0. The van der Waals surface area contributed by atoms with Gasteiger partial charge in [-0.1, -0.05) is 36.4 Å². The first-order valence-corrected chi connectivity index (χ1v) is 6.46. The summed E-state index contributed by atoms with van der Waals surface area (Å²) in [6, 6.07) is 10.4. The summed E-state index contributed by atoms with van der Waals surface area (Å²) in [6.45, 7) is 3.48. The summed E-state index contributed by atoms with van der Waals surface area (Å²) in [4.78, 5) is 10.6. The Bertz CT molecular complexity index is 360. The molecule has 0 aromatic heterocycles. The Morgan fingerprint density at radius 2 is 2.00 bits per heavy atom. The minimum atomic E-state index is -0.0178. The van der Waals surface area contributed by atoms with Crippen molar-refractivity contribution in [3.8, 4) is 0 Å². The van der Waals surface area contributed by atoms with Gasteiger partial charge in [0.05, 0.1) is 0 Å². The van der Waals surface area contributed by atoms with Gasteiger partial charge in [0, 0.05) is 13.5 Å². The number of nitrogens with one attached hydrogen (secondary N) is 2. The summed E-state index contributed by atoms with van der Waals surface area (Å²) in [7, 11) is 0. The van der Waals surface area contributed by atoms with Crippen LogP contribution in [0.1, 0.15) is 31.7 Å². The van der Waals surface area contributed by atoms with Gasteiger partial charge in [-0.05, 0) is 37.6 Å². The lowest BCUT2D eigenvalue weighted by molar-refractivity contribution is -0.118. The maximum Gasteiger partial charge on any atom is 0.220 e. The number of hydrogen-bond donors (Lipinski definition) is 2. The monoisotopic (exact) mass is 246 g/mol. The van der Waals surface area contributed by atoms with Gasteiger partial charge in [-0.3, -0.25) is 4.79 Å². The van der Waals surface area contributed by atoms with Crippen LogP contribution in [-0.2, 0) is 11.3 Å². The van der Waals surface area contributed by atoms with Gasteiger partial charge < -0.3 is 10.6 Å². The summed E-state index contributed by atoms with van der Waals surface area (Å²) in [5.74, 6) is -0.0178. The number of hydrogen-bond acceptors (Lipinski definition) is 2. The molecule has 0 bridgehead atoms. The van der Waals surface area contributed by atoms with Crippen LogP contribution in [0.3, 0.4) is 0 Å². The third kappa shape index (κ3) is 7.63. The van der Waals surface area contributed by atoms with Gasteiger partial charge in [-0.25, -0.2) is 0 Å². The Balaban J connectivity index is 1.93. The number of allylic oxidation sites excluding steroid dienone is 1. The van der Waals surface area contributed by atoms with E-state index in [4.69, 9.17) is 0 Å². The SMILES string of the molecule is CC(=O)NC=CCCCCNCc1ccccc1. The average Bonchev–Trinajstić information content (AvgIpc) is 2.37. The van der Waals surface area contributed by atoms with E-state index in [1.54, 1.807) is 6.20 Å². The molecule has 0 aliphatic carbocycles. The minimum absolute atomic E-state index is 0.0178. The number of carbonyl (C=O) groups is 1. The highest BCUT2D eigenvalue weighted by molar-refractivity contribution is 5.73. The smallest absolute Gasteiger partial charge is 0.220 e. The number of amides is 1. The molecule has 0 spiro atoms. The average molecular weight is 246 g/mol. The van der Waals surface area contributed by atoms with E-state index in [2.05, 4.69) is 34.9 Å². The highest BCUT2D eigenvalue weighted by Crippen LogP contribution is 1.98. The third-order valence-corrected chi connectivity index (χ3v) is 2.55. The highest BCUT2D eigenvalue weighted by Gasteiger charge is 1.90. The quantitative estimate of drug-likeness (QED) is 0.692. The summed E-state index contributed by atoms with van der Waals surface area (Å²) in [5.41, 5.74) is 1.32. The molecule has 1 aromatic carbocycles. The first-order chi connectivity index (χ1) is 8.79. The van der Waals surface area contributed by atoms with Crippen molar-refractivity contribution in [2.24, 2.45) is 0 Å². The van der Waals surface area contributed by atoms with E-state index in [0.29, 0.717) is 0 Å². The number of unbranched alkanes of at least 4 members (excludes halogenated alkanes) is 2. The first kappa shape index (κ1) is 14.5. The molecule has 3 nitrogen and oxygen atoms in total. The summed E-state index contributed by atoms with van der Waals surface area (Å²) < 4.78 is 0. The van der Waals surface area contributed by atoms with Crippen LogP contribution in [0.25, 0.3) is 0 Å². The molecular weight excluding hydrogens is 224 g/mol. The number of rotatable bonds is 8. The molecule has 0 radical (unpaired) electrons. The van der Waals surface area contributed by atoms with Crippen LogP contribution in [0, 0.1) is 0 Å². The summed E-state index contributed by atoms with van der Waals surface area (Å²) in [5, 5.41) is 6.05. The second-order valence-corrected chi connectivity index (χ2v) is 4.26. The molecule has 3 heteroatoms. The van der Waals surface area contributed by atoms with Crippen molar-refractivity contribution >= 4 is 5.91 Å². The predicted octanol–water partition coefficient (Wildman–Crippen LogP) is 2.60. The van der Waals surface area contributed by atoms with Crippen LogP contribution in [0.2, 0.25) is 0 Å². The van der Waals surface area contributed by atoms with E-state index < -0.39 is 0 Å². The van der Waals surface area contributed by atoms with Crippen molar-refractivity contribution in [1.82, 2.24) is 10.6 Å². The largest absolute Gasteiger partial charge is 0.333 e. The van der Waals surface area contributed by atoms with E-state index in [0.717, 1.165) is 32.4 Å². The number of benzene rings is 1. The number of carbonyl (C=O) groups excluding carboxylic acids is 1. The maximum absolute atomic E-state index is 10.6. The first-order valence-electron chi connectivity index (χ1n) is 6.46. The molecule has 1 aromatic rings. The fourth-order valence-corrected chi connectivity index (χ4v) is 1.60. The van der Waals surface area contributed by atoms with Gasteiger partial charge in [-0.15, -0.1) is 0 Å². The molecule has 0 aliphatic heterocycles. The molecule has 0 unspecified atom stereocenters. The predicted molar refractivity (Wildman–Crippen MR) is 75.0 cm³/mol. The molecule has 0 saturated carbocycles. The molecule has 2 N–H and O–H groups in total. The van der Waals surface area contributed by atoms with E-state index >= 15 is 0 Å². The lowest BCUT2D eigenvalue weighted by Gasteiger charge is -2.03. The molecule has 1 amide bonds. The molecule has 0 fully saturated rings. The second kappa shape index (κ2) is 9.42. The van der Waals surface area contributed by atoms with Crippen molar-refractivity contribution in [1.29, 1.82) is 0 Å². The van der Waals surface area contributed by atoms with E-state index in [9.17, 15) is 4.79 Å². The molecule has 0 atom stereocenters. The standard InChI is InChI=1S/C15H22N2O/c1-14(18)17-12-8-3-2-7-11-16-13-15-9-5-4-6-10-15/h4-6,8-10,12,16H,2-3,7,11,13H2,1H3,(H,17,18). The lowest BCUT2D eigenvalue weighted by Crippen LogP contribution is -2.14. The summed E-state index contributed by atoms with van der Waals surface area (Å²) in [6.07, 6.45) is 7.01. The summed E-state index contributed by atoms with van der Waals surface area (Å²) >= 11 is 0. The van der Waals surface area contributed by atoms with Gasteiger partial charge >= 0.3 is 0 Å². The van der Waals surface area contributed by atoms with Crippen LogP contribution < -0.4 is 10.6 Å². The van der Waals surface area contributed by atoms with Crippen molar-refractivity contribution in [3.63, 3.8) is 0 Å². The van der Waals surface area contributed by atoms with Crippen LogP contribution in [0.15, 0.2) is 42.6 Å². The lowest BCUT2D eigenvalue weighted by atomic mass is 10.2. The van der Waals surface area contributed by atoms with Crippen LogP contribution in [-0.4, -0.2) is 12.5 Å². The molecule has 0 saturated heterocycles. The van der Waals surface area contributed by atoms with Crippen LogP contribution in [0.4, 0.5) is 0 Å². The molecule has 0 heterocycles. The fourth-order valence-electron chi connectivity index (χ4n) is 1.60. The zero-order valence-corrected chi connectivity index (χ0v) is 11.0. The Morgan fingerprint density at radius 3 is 2.72 bits per heavy atom.